The van der Waals surface area contributed by atoms with Gasteiger partial charge in [-0.05, 0) is 44.4 Å². The molecule has 0 aromatic heterocycles. The summed E-state index contributed by atoms with van der Waals surface area (Å²) in [6.07, 6.45) is 6.69. The van der Waals surface area contributed by atoms with E-state index >= 15 is 0 Å². The van der Waals surface area contributed by atoms with Gasteiger partial charge >= 0.3 is 6.03 Å². The van der Waals surface area contributed by atoms with Crippen LogP contribution in [0, 0.1) is 11.8 Å². The van der Waals surface area contributed by atoms with E-state index in [1.807, 2.05) is 4.90 Å². The van der Waals surface area contributed by atoms with E-state index < -0.39 is 0 Å². The molecule has 0 aromatic rings. The number of hydrogen-bond donors (Lipinski definition) is 2. The number of amides is 2. The van der Waals surface area contributed by atoms with Gasteiger partial charge in [-0.25, -0.2) is 4.79 Å². The second-order valence-corrected chi connectivity index (χ2v) is 6.46. The highest BCUT2D eigenvalue weighted by atomic mass is 16.5. The van der Waals surface area contributed by atoms with Crippen LogP contribution in [0.5, 0.6) is 0 Å². The highest BCUT2D eigenvalue weighted by Crippen LogP contribution is 2.34. The standard InChI is InChI=1S/C15H26N2O3/c18-10-11-4-7-17(8-5-11)15(19)16-13-2-1-3-14-12(13)6-9-20-14/h11-14,18H,1-10H2,(H,16,19). The van der Waals surface area contributed by atoms with Gasteiger partial charge in [0.1, 0.15) is 0 Å². The molecule has 3 rings (SSSR count). The van der Waals surface area contributed by atoms with E-state index in [2.05, 4.69) is 5.32 Å². The van der Waals surface area contributed by atoms with Crippen LogP contribution in [0.2, 0.25) is 0 Å². The van der Waals surface area contributed by atoms with Crippen LogP contribution in [0.15, 0.2) is 0 Å². The molecule has 0 aromatic carbocycles. The zero-order chi connectivity index (χ0) is 13.9. The van der Waals surface area contributed by atoms with Crippen molar-refractivity contribution in [1.29, 1.82) is 0 Å². The summed E-state index contributed by atoms with van der Waals surface area (Å²) >= 11 is 0. The second kappa shape index (κ2) is 6.31. The number of fused-ring (bicyclic) bond motifs is 1. The van der Waals surface area contributed by atoms with Gasteiger partial charge in [0.2, 0.25) is 0 Å². The van der Waals surface area contributed by atoms with Crippen LogP contribution < -0.4 is 5.32 Å². The summed E-state index contributed by atoms with van der Waals surface area (Å²) in [7, 11) is 0. The Morgan fingerprint density at radius 2 is 2.00 bits per heavy atom. The van der Waals surface area contributed by atoms with Crippen molar-refractivity contribution < 1.29 is 14.6 Å². The Hall–Kier alpha value is -0.810. The molecule has 1 aliphatic carbocycles. The maximum Gasteiger partial charge on any atom is 0.317 e. The van der Waals surface area contributed by atoms with Crippen molar-refractivity contribution >= 4 is 6.03 Å². The van der Waals surface area contributed by atoms with Crippen molar-refractivity contribution in [3.63, 3.8) is 0 Å². The molecule has 2 saturated heterocycles. The Bertz CT molecular complexity index is 342. The molecule has 2 N–H and O–H groups in total. The number of urea groups is 1. The fraction of sp³-hybridized carbons (Fsp3) is 0.933. The molecule has 114 valence electrons. The summed E-state index contributed by atoms with van der Waals surface area (Å²) in [5.41, 5.74) is 0. The molecule has 3 atom stereocenters. The molecule has 1 saturated carbocycles. The molecule has 2 amide bonds. The summed E-state index contributed by atoms with van der Waals surface area (Å²) in [5, 5.41) is 12.4. The minimum Gasteiger partial charge on any atom is -0.396 e. The van der Waals surface area contributed by atoms with Crippen LogP contribution in [-0.2, 0) is 4.74 Å². The van der Waals surface area contributed by atoms with Crippen molar-refractivity contribution in [2.75, 3.05) is 26.3 Å². The average Bonchev–Trinajstić information content (AvgIpc) is 2.97. The molecule has 0 radical (unpaired) electrons. The normalized spacial score (nSPS) is 34.9. The first-order valence-corrected chi connectivity index (χ1v) is 8.06. The van der Waals surface area contributed by atoms with Gasteiger partial charge in [-0.2, -0.15) is 0 Å². The van der Waals surface area contributed by atoms with Crippen LogP contribution in [0.3, 0.4) is 0 Å². The van der Waals surface area contributed by atoms with Crippen molar-refractivity contribution in [2.45, 2.75) is 50.7 Å². The molecule has 5 heteroatoms. The third kappa shape index (κ3) is 2.93. The number of likely N-dealkylation sites (tertiary alicyclic amines) is 1. The van der Waals surface area contributed by atoms with E-state index in [0.717, 1.165) is 58.2 Å². The molecular formula is C15H26N2O3. The van der Waals surface area contributed by atoms with E-state index in [-0.39, 0.29) is 12.6 Å². The number of ether oxygens (including phenoxy) is 1. The molecule has 20 heavy (non-hydrogen) atoms. The lowest BCUT2D eigenvalue weighted by Crippen LogP contribution is -2.52. The molecule has 3 unspecified atom stereocenters. The smallest absolute Gasteiger partial charge is 0.317 e. The Morgan fingerprint density at radius 1 is 1.20 bits per heavy atom. The van der Waals surface area contributed by atoms with E-state index in [4.69, 9.17) is 9.84 Å². The van der Waals surface area contributed by atoms with Crippen molar-refractivity contribution in [1.82, 2.24) is 10.2 Å². The van der Waals surface area contributed by atoms with Gasteiger partial charge in [-0.15, -0.1) is 0 Å². The number of nitrogens with one attached hydrogen (secondary N) is 1. The van der Waals surface area contributed by atoms with Crippen molar-refractivity contribution in [3.05, 3.63) is 0 Å². The first-order chi connectivity index (χ1) is 9.78. The largest absolute Gasteiger partial charge is 0.396 e. The Morgan fingerprint density at radius 3 is 2.75 bits per heavy atom. The van der Waals surface area contributed by atoms with Gasteiger partial charge in [0.05, 0.1) is 6.10 Å². The Kier molecular flexibility index (Phi) is 4.46. The average molecular weight is 282 g/mol. The van der Waals surface area contributed by atoms with Crippen molar-refractivity contribution in [3.8, 4) is 0 Å². The summed E-state index contributed by atoms with van der Waals surface area (Å²) in [6.45, 7) is 2.64. The number of aliphatic hydroxyl groups is 1. The maximum atomic E-state index is 12.4. The van der Waals surface area contributed by atoms with Gasteiger partial charge in [0.15, 0.2) is 0 Å². The topological polar surface area (TPSA) is 61.8 Å². The lowest BCUT2D eigenvalue weighted by molar-refractivity contribution is 0.0530. The van der Waals surface area contributed by atoms with Crippen LogP contribution in [0.25, 0.3) is 0 Å². The fourth-order valence-electron chi connectivity index (χ4n) is 3.92. The quantitative estimate of drug-likeness (QED) is 0.804. The maximum absolute atomic E-state index is 12.4. The zero-order valence-electron chi connectivity index (χ0n) is 12.1. The zero-order valence-corrected chi connectivity index (χ0v) is 12.1. The highest BCUT2D eigenvalue weighted by molar-refractivity contribution is 5.74. The Labute approximate surface area is 120 Å². The number of rotatable bonds is 2. The third-order valence-corrected chi connectivity index (χ3v) is 5.25. The molecule has 2 aliphatic heterocycles. The lowest BCUT2D eigenvalue weighted by Gasteiger charge is -2.36. The van der Waals surface area contributed by atoms with Crippen LogP contribution >= 0.6 is 0 Å². The third-order valence-electron chi connectivity index (χ3n) is 5.25. The monoisotopic (exact) mass is 282 g/mol. The first-order valence-electron chi connectivity index (χ1n) is 8.06. The first kappa shape index (κ1) is 14.1. The molecule has 3 aliphatic rings. The van der Waals surface area contributed by atoms with Gasteiger partial charge in [0, 0.05) is 38.3 Å². The van der Waals surface area contributed by atoms with Crippen molar-refractivity contribution in [2.24, 2.45) is 11.8 Å². The van der Waals surface area contributed by atoms with Crippen LogP contribution in [0.4, 0.5) is 4.79 Å². The van der Waals surface area contributed by atoms with E-state index in [1.54, 1.807) is 0 Å². The number of carbonyl (C=O) groups is 1. The molecule has 0 spiro atoms. The number of carbonyl (C=O) groups excluding carboxylic acids is 1. The second-order valence-electron chi connectivity index (χ2n) is 6.46. The van der Waals surface area contributed by atoms with Gasteiger partial charge < -0.3 is 20.1 Å². The van der Waals surface area contributed by atoms with Gasteiger partial charge in [-0.3, -0.25) is 0 Å². The van der Waals surface area contributed by atoms with E-state index in [0.29, 0.717) is 24.0 Å². The summed E-state index contributed by atoms with van der Waals surface area (Å²) in [6, 6.07) is 0.373. The fourth-order valence-corrected chi connectivity index (χ4v) is 3.92. The molecule has 3 fully saturated rings. The van der Waals surface area contributed by atoms with E-state index in [9.17, 15) is 4.79 Å². The molecule has 5 nitrogen and oxygen atoms in total. The lowest BCUT2D eigenvalue weighted by atomic mass is 9.82. The molecule has 0 bridgehead atoms. The van der Waals surface area contributed by atoms with Crippen LogP contribution in [-0.4, -0.2) is 54.5 Å². The number of piperidine rings is 1. The minimum atomic E-state index is 0.0824. The van der Waals surface area contributed by atoms with Crippen LogP contribution in [0.1, 0.15) is 38.5 Å². The highest BCUT2D eigenvalue weighted by Gasteiger charge is 2.38. The number of aliphatic hydroxyl groups excluding tert-OH is 1. The Balaban J connectivity index is 1.51. The SMILES string of the molecule is O=C(NC1CCCC2OCCC12)N1CCC(CO)CC1. The predicted molar refractivity (Wildman–Crippen MR) is 75.4 cm³/mol. The summed E-state index contributed by atoms with van der Waals surface area (Å²) in [5.74, 6) is 0.893. The molecule has 2 heterocycles. The minimum absolute atomic E-state index is 0.0824. The number of hydrogen-bond acceptors (Lipinski definition) is 3. The number of nitrogens with zero attached hydrogens (tertiary/aromatic N) is 1. The van der Waals surface area contributed by atoms with Gasteiger partial charge in [-0.1, -0.05) is 0 Å². The van der Waals surface area contributed by atoms with Gasteiger partial charge in [0.25, 0.3) is 0 Å². The summed E-state index contributed by atoms with van der Waals surface area (Å²) < 4.78 is 5.75. The predicted octanol–water partition coefficient (Wildman–Crippen LogP) is 1.36. The van der Waals surface area contributed by atoms with E-state index in [1.165, 1.54) is 0 Å². The summed E-state index contributed by atoms with van der Waals surface area (Å²) in [4.78, 5) is 14.3. The molecular weight excluding hydrogens is 256 g/mol.